The molecule has 18 heavy (non-hydrogen) atoms. The summed E-state index contributed by atoms with van der Waals surface area (Å²) in [7, 11) is 4.28. The summed E-state index contributed by atoms with van der Waals surface area (Å²) in [4.78, 5) is 4.64. The van der Waals surface area contributed by atoms with Gasteiger partial charge in [0.1, 0.15) is 6.07 Å². The van der Waals surface area contributed by atoms with E-state index in [9.17, 15) is 0 Å². The van der Waals surface area contributed by atoms with Gasteiger partial charge in [0, 0.05) is 24.8 Å². The van der Waals surface area contributed by atoms with Gasteiger partial charge < -0.3 is 15.5 Å². The van der Waals surface area contributed by atoms with Crippen LogP contribution in [0.3, 0.4) is 0 Å². The van der Waals surface area contributed by atoms with E-state index in [0.717, 1.165) is 18.8 Å². The third kappa shape index (κ3) is 2.57. The molecule has 1 saturated heterocycles. The van der Waals surface area contributed by atoms with Gasteiger partial charge in [-0.15, -0.1) is 0 Å². The molecule has 1 aromatic rings. The smallest absolute Gasteiger partial charge is 0.101 e. The molecule has 96 valence electrons. The maximum absolute atomic E-state index is 8.87. The van der Waals surface area contributed by atoms with Gasteiger partial charge in [-0.1, -0.05) is 0 Å². The van der Waals surface area contributed by atoms with Crippen molar-refractivity contribution in [2.24, 2.45) is 0 Å². The van der Waals surface area contributed by atoms with E-state index >= 15 is 0 Å². The normalized spacial score (nSPS) is 16.9. The van der Waals surface area contributed by atoms with Gasteiger partial charge in [-0.2, -0.15) is 5.26 Å². The zero-order valence-corrected chi connectivity index (χ0v) is 11.1. The summed E-state index contributed by atoms with van der Waals surface area (Å²) in [5.41, 5.74) is 8.12. The van der Waals surface area contributed by atoms with Crippen molar-refractivity contribution >= 4 is 11.4 Å². The van der Waals surface area contributed by atoms with Crippen LogP contribution in [0.1, 0.15) is 18.4 Å². The molecule has 4 heteroatoms. The van der Waals surface area contributed by atoms with Gasteiger partial charge in [0.25, 0.3) is 0 Å². The van der Waals surface area contributed by atoms with Crippen LogP contribution in [0.15, 0.2) is 18.2 Å². The van der Waals surface area contributed by atoms with Gasteiger partial charge in [-0.25, -0.2) is 0 Å². The minimum absolute atomic E-state index is 0.557. The number of nitrogens with zero attached hydrogens (tertiary/aromatic N) is 3. The minimum Gasteiger partial charge on any atom is -0.398 e. The lowest BCUT2D eigenvalue weighted by Gasteiger charge is -2.36. The van der Waals surface area contributed by atoms with Gasteiger partial charge in [0.15, 0.2) is 0 Å². The number of anilines is 2. The van der Waals surface area contributed by atoms with Crippen molar-refractivity contribution in [3.05, 3.63) is 23.8 Å². The predicted octanol–water partition coefficient (Wildman–Crippen LogP) is 1.67. The molecule has 1 heterocycles. The van der Waals surface area contributed by atoms with E-state index in [-0.39, 0.29) is 0 Å². The lowest BCUT2D eigenvalue weighted by Crippen LogP contribution is -2.42. The van der Waals surface area contributed by atoms with E-state index in [0.29, 0.717) is 17.3 Å². The van der Waals surface area contributed by atoms with Crippen molar-refractivity contribution < 1.29 is 0 Å². The Morgan fingerprint density at radius 1 is 1.33 bits per heavy atom. The molecule has 1 aliphatic heterocycles. The number of benzene rings is 1. The third-order valence-corrected chi connectivity index (χ3v) is 3.72. The summed E-state index contributed by atoms with van der Waals surface area (Å²) in [6.45, 7) is 2.10. The predicted molar refractivity (Wildman–Crippen MR) is 74.5 cm³/mol. The Labute approximate surface area is 109 Å². The van der Waals surface area contributed by atoms with E-state index in [2.05, 4.69) is 30.0 Å². The van der Waals surface area contributed by atoms with E-state index in [4.69, 9.17) is 11.0 Å². The molecule has 1 aromatic carbocycles. The highest BCUT2D eigenvalue weighted by atomic mass is 15.2. The molecular formula is C14H20N4. The third-order valence-electron chi connectivity index (χ3n) is 3.72. The van der Waals surface area contributed by atoms with Gasteiger partial charge in [0.05, 0.1) is 11.3 Å². The van der Waals surface area contributed by atoms with E-state index < -0.39 is 0 Å². The molecule has 0 aliphatic carbocycles. The molecule has 0 radical (unpaired) electrons. The fourth-order valence-corrected chi connectivity index (χ4v) is 2.49. The molecule has 0 saturated carbocycles. The molecule has 1 fully saturated rings. The van der Waals surface area contributed by atoms with Gasteiger partial charge in [0.2, 0.25) is 0 Å². The summed E-state index contributed by atoms with van der Waals surface area (Å²) >= 11 is 0. The molecule has 0 aromatic heterocycles. The van der Waals surface area contributed by atoms with E-state index in [1.165, 1.54) is 12.8 Å². The molecule has 0 atom stereocenters. The second kappa shape index (κ2) is 5.28. The lowest BCUT2D eigenvalue weighted by atomic mass is 10.0. The van der Waals surface area contributed by atoms with Gasteiger partial charge in [-0.3, -0.25) is 0 Å². The topological polar surface area (TPSA) is 56.3 Å². The Balaban J connectivity index is 2.06. The van der Waals surface area contributed by atoms with Gasteiger partial charge >= 0.3 is 0 Å². The van der Waals surface area contributed by atoms with Crippen molar-refractivity contribution in [3.8, 4) is 6.07 Å². The molecule has 1 aliphatic rings. The quantitative estimate of drug-likeness (QED) is 0.804. The van der Waals surface area contributed by atoms with Crippen LogP contribution in [-0.2, 0) is 0 Å². The Morgan fingerprint density at radius 3 is 2.50 bits per heavy atom. The summed E-state index contributed by atoms with van der Waals surface area (Å²) in [5.74, 6) is 0. The van der Waals surface area contributed by atoms with Crippen LogP contribution in [-0.4, -0.2) is 38.1 Å². The van der Waals surface area contributed by atoms with Crippen LogP contribution in [0, 0.1) is 11.3 Å². The average molecular weight is 244 g/mol. The summed E-state index contributed by atoms with van der Waals surface area (Å²) in [5, 5.41) is 8.87. The Morgan fingerprint density at radius 2 is 2.00 bits per heavy atom. The Hall–Kier alpha value is -1.73. The number of nitriles is 1. The summed E-state index contributed by atoms with van der Waals surface area (Å²) < 4.78 is 0. The second-order valence-corrected chi connectivity index (χ2v) is 5.07. The first-order chi connectivity index (χ1) is 8.61. The highest BCUT2D eigenvalue weighted by Gasteiger charge is 2.20. The molecular weight excluding hydrogens is 224 g/mol. The van der Waals surface area contributed by atoms with Crippen molar-refractivity contribution in [2.45, 2.75) is 18.9 Å². The highest BCUT2D eigenvalue weighted by molar-refractivity contribution is 5.63. The van der Waals surface area contributed by atoms with Crippen LogP contribution >= 0.6 is 0 Å². The van der Waals surface area contributed by atoms with Crippen LogP contribution < -0.4 is 10.6 Å². The Kier molecular flexibility index (Phi) is 3.73. The largest absolute Gasteiger partial charge is 0.398 e. The van der Waals surface area contributed by atoms with Crippen LogP contribution in [0.4, 0.5) is 11.4 Å². The monoisotopic (exact) mass is 244 g/mol. The fourth-order valence-electron chi connectivity index (χ4n) is 2.49. The average Bonchev–Trinajstić information content (AvgIpc) is 2.38. The number of rotatable bonds is 2. The van der Waals surface area contributed by atoms with Gasteiger partial charge in [-0.05, 0) is 45.1 Å². The van der Waals surface area contributed by atoms with Crippen molar-refractivity contribution in [1.29, 1.82) is 5.26 Å². The first kappa shape index (κ1) is 12.7. The van der Waals surface area contributed by atoms with Crippen molar-refractivity contribution in [2.75, 3.05) is 37.8 Å². The molecule has 0 bridgehead atoms. The first-order valence-corrected chi connectivity index (χ1v) is 6.33. The van der Waals surface area contributed by atoms with Crippen molar-refractivity contribution in [1.82, 2.24) is 4.90 Å². The van der Waals surface area contributed by atoms with E-state index in [1.807, 2.05) is 18.2 Å². The molecule has 2 rings (SSSR count). The summed E-state index contributed by atoms with van der Waals surface area (Å²) in [6, 6.07) is 8.49. The summed E-state index contributed by atoms with van der Waals surface area (Å²) in [6.07, 6.45) is 2.35. The van der Waals surface area contributed by atoms with Crippen LogP contribution in [0.5, 0.6) is 0 Å². The highest BCUT2D eigenvalue weighted by Crippen LogP contribution is 2.25. The lowest BCUT2D eigenvalue weighted by molar-refractivity contribution is 0.249. The molecule has 0 unspecified atom stereocenters. The Bertz CT molecular complexity index is 453. The zero-order valence-electron chi connectivity index (χ0n) is 11.1. The first-order valence-electron chi connectivity index (χ1n) is 6.33. The minimum atomic E-state index is 0.557. The standard InChI is InChI=1S/C14H20N4/c1-17(2)12-5-7-18(8-6-12)13-4-3-11(10-15)14(16)9-13/h3-4,9,12H,5-8,16H2,1-2H3. The fraction of sp³-hybridized carbons (Fsp3) is 0.500. The van der Waals surface area contributed by atoms with E-state index in [1.54, 1.807) is 0 Å². The van der Waals surface area contributed by atoms with Crippen LogP contribution in [0.2, 0.25) is 0 Å². The molecule has 0 spiro atoms. The van der Waals surface area contributed by atoms with Crippen LogP contribution in [0.25, 0.3) is 0 Å². The molecule has 2 N–H and O–H groups in total. The molecule has 0 amide bonds. The number of hydrogen-bond acceptors (Lipinski definition) is 4. The second-order valence-electron chi connectivity index (χ2n) is 5.07. The SMILES string of the molecule is CN(C)C1CCN(c2ccc(C#N)c(N)c2)CC1. The zero-order chi connectivity index (χ0) is 13.1. The maximum atomic E-state index is 8.87. The number of hydrogen-bond donors (Lipinski definition) is 1. The number of nitrogens with two attached hydrogens (primary N) is 1. The number of piperidine rings is 1. The maximum Gasteiger partial charge on any atom is 0.101 e. The molecule has 4 nitrogen and oxygen atoms in total. The number of nitrogen functional groups attached to an aromatic ring is 1. The van der Waals surface area contributed by atoms with Crippen molar-refractivity contribution in [3.63, 3.8) is 0 Å².